The van der Waals surface area contributed by atoms with Gasteiger partial charge in [-0.25, -0.2) is 0 Å². The molecule has 1 atom stereocenters. The first-order chi connectivity index (χ1) is 8.99. The highest BCUT2D eigenvalue weighted by Gasteiger charge is 2.24. The van der Waals surface area contributed by atoms with Crippen LogP contribution in [0.2, 0.25) is 0 Å². The van der Waals surface area contributed by atoms with Crippen LogP contribution < -0.4 is 14.8 Å². The number of hydrogen-bond donors (Lipinski definition) is 3. The van der Waals surface area contributed by atoms with Crippen molar-refractivity contribution >= 4 is 11.9 Å². The van der Waals surface area contributed by atoms with Crippen LogP contribution in [0, 0.1) is 0 Å². The fourth-order valence-corrected chi connectivity index (χ4v) is 1.58. The molecule has 0 bridgehead atoms. The maximum atomic E-state index is 11.2. The Balaban J connectivity index is 3.12. The van der Waals surface area contributed by atoms with E-state index in [1.165, 1.54) is 20.3 Å². The zero-order valence-electron chi connectivity index (χ0n) is 10.5. The largest absolute Gasteiger partial charge is 0.497 e. The lowest BCUT2D eigenvalue weighted by Gasteiger charge is -2.17. The monoisotopic (exact) mass is 269 g/mol. The fourth-order valence-electron chi connectivity index (χ4n) is 1.58. The second-order valence-electron chi connectivity index (χ2n) is 3.65. The van der Waals surface area contributed by atoms with Crippen molar-refractivity contribution in [2.24, 2.45) is 0 Å². The van der Waals surface area contributed by atoms with Crippen molar-refractivity contribution in [2.75, 3.05) is 20.8 Å². The summed E-state index contributed by atoms with van der Waals surface area (Å²) in [6.45, 7) is -0.475. The number of methoxy groups -OCH3 is 2. The summed E-state index contributed by atoms with van der Waals surface area (Å²) in [5.74, 6) is -1.55. The third-order valence-electron chi connectivity index (χ3n) is 2.45. The zero-order valence-corrected chi connectivity index (χ0v) is 10.5. The van der Waals surface area contributed by atoms with Crippen LogP contribution in [0.4, 0.5) is 0 Å². The predicted octanol–water partition coefficient (Wildman–Crippen LogP) is 0.504. The molecule has 0 radical (unpaired) electrons. The van der Waals surface area contributed by atoms with Crippen LogP contribution in [0.5, 0.6) is 11.5 Å². The summed E-state index contributed by atoms with van der Waals surface area (Å²) in [5.41, 5.74) is 0.301. The third-order valence-corrected chi connectivity index (χ3v) is 2.45. The fraction of sp³-hybridized carbons (Fsp3) is 0.333. The number of aliphatic carboxylic acids is 2. The highest BCUT2D eigenvalue weighted by atomic mass is 16.5. The number of nitrogens with one attached hydrogen (secondary N) is 1. The molecule has 0 saturated carbocycles. The van der Waals surface area contributed by atoms with E-state index in [0.717, 1.165) is 0 Å². The van der Waals surface area contributed by atoms with E-state index in [2.05, 4.69) is 5.32 Å². The maximum Gasteiger partial charge on any atom is 0.325 e. The summed E-state index contributed by atoms with van der Waals surface area (Å²) in [6.07, 6.45) is 0. The smallest absolute Gasteiger partial charge is 0.325 e. The van der Waals surface area contributed by atoms with E-state index in [0.29, 0.717) is 17.1 Å². The molecule has 1 aromatic rings. The van der Waals surface area contributed by atoms with Crippen LogP contribution in [0.25, 0.3) is 0 Å². The van der Waals surface area contributed by atoms with Gasteiger partial charge in [-0.1, -0.05) is 0 Å². The van der Waals surface area contributed by atoms with E-state index in [1.807, 2.05) is 0 Å². The normalized spacial score (nSPS) is 11.7. The van der Waals surface area contributed by atoms with Gasteiger partial charge in [0.15, 0.2) is 0 Å². The topological polar surface area (TPSA) is 105 Å². The van der Waals surface area contributed by atoms with Crippen LogP contribution in [0.15, 0.2) is 18.2 Å². The van der Waals surface area contributed by atoms with E-state index in [4.69, 9.17) is 14.6 Å². The van der Waals surface area contributed by atoms with Crippen LogP contribution in [0.3, 0.4) is 0 Å². The molecule has 0 spiro atoms. The first-order valence-corrected chi connectivity index (χ1v) is 5.39. The Labute approximate surface area is 109 Å². The van der Waals surface area contributed by atoms with Gasteiger partial charge in [-0.2, -0.15) is 0 Å². The minimum atomic E-state index is -1.20. The van der Waals surface area contributed by atoms with Crippen LogP contribution in [-0.2, 0) is 9.59 Å². The zero-order chi connectivity index (χ0) is 14.4. The highest BCUT2D eigenvalue weighted by molar-refractivity contribution is 5.78. The quantitative estimate of drug-likeness (QED) is 0.662. The van der Waals surface area contributed by atoms with Crippen molar-refractivity contribution in [3.8, 4) is 11.5 Å². The van der Waals surface area contributed by atoms with Gasteiger partial charge in [0.05, 0.1) is 20.8 Å². The Kier molecular flexibility index (Phi) is 5.13. The molecular formula is C12H15NO6. The number of carboxylic acid groups (broad SMARTS) is 2. The lowest BCUT2D eigenvalue weighted by molar-refractivity contribution is -0.140. The van der Waals surface area contributed by atoms with Crippen LogP contribution >= 0.6 is 0 Å². The van der Waals surface area contributed by atoms with E-state index in [-0.39, 0.29) is 0 Å². The SMILES string of the molecule is COc1ccc(OC)c(C(NCC(=O)O)C(=O)O)c1. The summed E-state index contributed by atoms with van der Waals surface area (Å²) in [5, 5.41) is 20.2. The van der Waals surface area contributed by atoms with Gasteiger partial charge in [-0.15, -0.1) is 0 Å². The molecule has 0 amide bonds. The molecule has 0 saturated heterocycles. The van der Waals surface area contributed by atoms with Crippen molar-refractivity contribution in [3.63, 3.8) is 0 Å². The molecule has 7 heteroatoms. The molecule has 19 heavy (non-hydrogen) atoms. The standard InChI is InChI=1S/C12H15NO6/c1-18-7-3-4-9(19-2)8(5-7)11(12(16)17)13-6-10(14)15/h3-5,11,13H,6H2,1-2H3,(H,14,15)(H,16,17). The van der Waals surface area contributed by atoms with Crippen LogP contribution in [0.1, 0.15) is 11.6 Å². The molecule has 0 aliphatic heterocycles. The lowest BCUT2D eigenvalue weighted by Crippen LogP contribution is -2.32. The minimum absolute atomic E-state index is 0.301. The van der Waals surface area contributed by atoms with E-state index >= 15 is 0 Å². The first-order valence-electron chi connectivity index (χ1n) is 5.39. The molecule has 7 nitrogen and oxygen atoms in total. The minimum Gasteiger partial charge on any atom is -0.497 e. The number of benzene rings is 1. The molecule has 0 aromatic heterocycles. The highest BCUT2D eigenvalue weighted by Crippen LogP contribution is 2.29. The molecule has 0 aliphatic rings. The molecular weight excluding hydrogens is 254 g/mol. The van der Waals surface area contributed by atoms with Gasteiger partial charge < -0.3 is 19.7 Å². The second kappa shape index (κ2) is 6.60. The van der Waals surface area contributed by atoms with Crippen LogP contribution in [-0.4, -0.2) is 42.9 Å². The number of ether oxygens (including phenoxy) is 2. The predicted molar refractivity (Wildman–Crippen MR) is 65.6 cm³/mol. The molecule has 0 aliphatic carbocycles. The Morgan fingerprint density at radius 3 is 2.42 bits per heavy atom. The van der Waals surface area contributed by atoms with Gasteiger partial charge in [0, 0.05) is 5.56 Å². The van der Waals surface area contributed by atoms with Gasteiger partial charge in [0.1, 0.15) is 17.5 Å². The van der Waals surface area contributed by atoms with Gasteiger partial charge in [0.25, 0.3) is 0 Å². The van der Waals surface area contributed by atoms with Crippen molar-refractivity contribution < 1.29 is 29.3 Å². The number of hydrogen-bond acceptors (Lipinski definition) is 5. The molecule has 3 N–H and O–H groups in total. The number of rotatable bonds is 7. The summed E-state index contributed by atoms with van der Waals surface area (Å²) < 4.78 is 10.1. The third kappa shape index (κ3) is 3.85. The van der Waals surface area contributed by atoms with Crippen molar-refractivity contribution in [3.05, 3.63) is 23.8 Å². The summed E-state index contributed by atoms with van der Waals surface area (Å²) in [7, 11) is 2.85. The second-order valence-corrected chi connectivity index (χ2v) is 3.65. The summed E-state index contributed by atoms with van der Waals surface area (Å²) in [4.78, 5) is 21.8. The van der Waals surface area contributed by atoms with E-state index < -0.39 is 24.5 Å². The van der Waals surface area contributed by atoms with Gasteiger partial charge >= 0.3 is 11.9 Å². The lowest BCUT2D eigenvalue weighted by atomic mass is 10.1. The average Bonchev–Trinajstić information content (AvgIpc) is 2.38. The number of carboxylic acids is 2. The molecule has 0 heterocycles. The average molecular weight is 269 g/mol. The van der Waals surface area contributed by atoms with Gasteiger partial charge in [-0.05, 0) is 18.2 Å². The maximum absolute atomic E-state index is 11.2. The van der Waals surface area contributed by atoms with Gasteiger partial charge in [-0.3, -0.25) is 14.9 Å². The Hall–Kier alpha value is -2.28. The molecule has 1 aromatic carbocycles. The first kappa shape index (κ1) is 14.8. The van der Waals surface area contributed by atoms with E-state index in [9.17, 15) is 14.7 Å². The molecule has 1 rings (SSSR count). The van der Waals surface area contributed by atoms with Gasteiger partial charge in [0.2, 0.25) is 0 Å². The summed E-state index contributed by atoms with van der Waals surface area (Å²) >= 11 is 0. The van der Waals surface area contributed by atoms with Crippen molar-refractivity contribution in [2.45, 2.75) is 6.04 Å². The Morgan fingerprint density at radius 2 is 1.95 bits per heavy atom. The molecule has 0 fully saturated rings. The Bertz CT molecular complexity index is 473. The molecule has 1 unspecified atom stereocenters. The number of carbonyl (C=O) groups is 2. The van der Waals surface area contributed by atoms with Crippen molar-refractivity contribution in [1.82, 2.24) is 5.32 Å². The summed E-state index contributed by atoms with van der Waals surface area (Å²) in [6, 6.07) is 3.48. The Morgan fingerprint density at radius 1 is 1.26 bits per heavy atom. The van der Waals surface area contributed by atoms with Crippen molar-refractivity contribution in [1.29, 1.82) is 0 Å². The van der Waals surface area contributed by atoms with E-state index in [1.54, 1.807) is 12.1 Å². The molecule has 104 valence electrons.